The first-order chi connectivity index (χ1) is 11.8. The number of fused-ring (bicyclic) bond motifs is 1. The quantitative estimate of drug-likeness (QED) is 0.904. The van der Waals surface area contributed by atoms with Gasteiger partial charge in [-0.3, -0.25) is 0 Å². The van der Waals surface area contributed by atoms with E-state index in [2.05, 4.69) is 17.3 Å². The minimum Gasteiger partial charge on any atom is -0.484 e. The number of hydrogen-bond acceptors (Lipinski definition) is 3. The molecule has 2 amide bonds. The third-order valence-electron chi connectivity index (χ3n) is 4.79. The average molecular weight is 357 g/mol. The van der Waals surface area contributed by atoms with Gasteiger partial charge in [0.2, 0.25) is 0 Å². The van der Waals surface area contributed by atoms with E-state index < -0.39 is 12.8 Å². The van der Waals surface area contributed by atoms with Crippen LogP contribution in [0.15, 0.2) is 24.3 Å². The number of halogens is 3. The molecule has 3 rings (SSSR count). The van der Waals surface area contributed by atoms with Crippen LogP contribution in [0.4, 0.5) is 23.7 Å². The number of nitrogens with zero attached hydrogens (tertiary/aromatic N) is 2. The number of hydrogen-bond donors (Lipinski definition) is 1. The maximum Gasteiger partial charge on any atom is 0.422 e. The Morgan fingerprint density at radius 2 is 2.12 bits per heavy atom. The van der Waals surface area contributed by atoms with E-state index >= 15 is 0 Å². The molecule has 25 heavy (non-hydrogen) atoms. The highest BCUT2D eigenvalue weighted by atomic mass is 19.4. The van der Waals surface area contributed by atoms with Gasteiger partial charge in [0.1, 0.15) is 5.75 Å². The molecule has 0 saturated carbocycles. The number of benzene rings is 1. The van der Waals surface area contributed by atoms with Crippen LogP contribution in [0.1, 0.15) is 12.8 Å². The molecule has 2 heterocycles. The molecule has 0 unspecified atom stereocenters. The van der Waals surface area contributed by atoms with Crippen molar-refractivity contribution >= 4 is 11.7 Å². The van der Waals surface area contributed by atoms with Gasteiger partial charge in [-0.2, -0.15) is 13.2 Å². The number of ether oxygens (including phenoxy) is 1. The van der Waals surface area contributed by atoms with Crippen LogP contribution in [0.2, 0.25) is 0 Å². The molecule has 0 aromatic heterocycles. The number of carbonyl (C=O) groups excluding carboxylic acids is 1. The Labute approximate surface area is 144 Å². The summed E-state index contributed by atoms with van der Waals surface area (Å²) < 4.78 is 41.4. The van der Waals surface area contributed by atoms with Gasteiger partial charge >= 0.3 is 12.2 Å². The molecule has 2 fully saturated rings. The zero-order valence-corrected chi connectivity index (χ0v) is 14.1. The molecule has 0 aliphatic carbocycles. The van der Waals surface area contributed by atoms with Crippen molar-refractivity contribution in [2.75, 3.05) is 38.6 Å². The fourth-order valence-electron chi connectivity index (χ4n) is 3.64. The number of carbonyl (C=O) groups is 1. The van der Waals surface area contributed by atoms with Crippen LogP contribution in [0, 0.1) is 5.92 Å². The van der Waals surface area contributed by atoms with E-state index in [-0.39, 0.29) is 17.8 Å². The molecule has 2 saturated heterocycles. The molecule has 2 aliphatic heterocycles. The maximum atomic E-state index is 12.6. The lowest BCUT2D eigenvalue weighted by Gasteiger charge is -2.36. The van der Waals surface area contributed by atoms with E-state index in [0.717, 1.165) is 25.9 Å². The molecule has 2 aliphatic rings. The van der Waals surface area contributed by atoms with Gasteiger partial charge in [-0.15, -0.1) is 0 Å². The topological polar surface area (TPSA) is 44.8 Å². The van der Waals surface area contributed by atoms with Gasteiger partial charge in [-0.1, -0.05) is 6.07 Å². The lowest BCUT2D eigenvalue weighted by molar-refractivity contribution is -0.153. The first-order valence-electron chi connectivity index (χ1n) is 8.37. The van der Waals surface area contributed by atoms with Crippen LogP contribution in [0.5, 0.6) is 5.75 Å². The summed E-state index contributed by atoms with van der Waals surface area (Å²) in [5.74, 6) is 0.569. The zero-order valence-electron chi connectivity index (χ0n) is 14.1. The highest BCUT2D eigenvalue weighted by Gasteiger charge is 2.39. The number of alkyl halides is 3. The third kappa shape index (κ3) is 4.56. The second-order valence-electron chi connectivity index (χ2n) is 6.72. The largest absolute Gasteiger partial charge is 0.484 e. The molecule has 138 valence electrons. The van der Waals surface area contributed by atoms with Gasteiger partial charge in [0.05, 0.1) is 0 Å². The van der Waals surface area contributed by atoms with Crippen molar-refractivity contribution in [1.82, 2.24) is 9.80 Å². The van der Waals surface area contributed by atoms with Gasteiger partial charge in [-0.05, 0) is 44.5 Å². The van der Waals surface area contributed by atoms with E-state index in [1.807, 2.05) is 4.90 Å². The van der Waals surface area contributed by atoms with Crippen LogP contribution in [-0.4, -0.2) is 61.3 Å². The van der Waals surface area contributed by atoms with Gasteiger partial charge in [0, 0.05) is 30.9 Å². The number of piperidine rings is 1. The Hall–Kier alpha value is -1.96. The molecular weight excluding hydrogens is 335 g/mol. The standard InChI is InChI=1S/C17H22F3N3O2/c1-22-7-6-15-12(10-22)5-8-23(15)16(24)21-13-3-2-4-14(9-13)25-11-17(18,19)20/h2-4,9,12,15H,5-8,10-11H2,1H3,(H,21,24)/t12-,15-/m0/s1. The first-order valence-corrected chi connectivity index (χ1v) is 8.37. The zero-order chi connectivity index (χ0) is 18.0. The molecule has 2 atom stereocenters. The van der Waals surface area contributed by atoms with Gasteiger partial charge in [0.15, 0.2) is 6.61 Å². The normalized spacial score (nSPS) is 24.1. The molecule has 0 bridgehead atoms. The molecule has 1 aromatic carbocycles. The van der Waals surface area contributed by atoms with E-state index in [9.17, 15) is 18.0 Å². The summed E-state index contributed by atoms with van der Waals surface area (Å²) in [5.41, 5.74) is 0.432. The Bertz CT molecular complexity index is 623. The van der Waals surface area contributed by atoms with Crippen molar-refractivity contribution in [3.8, 4) is 5.75 Å². The van der Waals surface area contributed by atoms with Crippen LogP contribution in [-0.2, 0) is 0 Å². The molecule has 1 aromatic rings. The second-order valence-corrected chi connectivity index (χ2v) is 6.72. The molecular formula is C17H22F3N3O2. The van der Waals surface area contributed by atoms with Crippen molar-refractivity contribution in [2.24, 2.45) is 5.92 Å². The minimum atomic E-state index is -4.39. The summed E-state index contributed by atoms with van der Waals surface area (Å²) in [7, 11) is 2.09. The summed E-state index contributed by atoms with van der Waals surface area (Å²) in [6, 6.07) is 6.08. The molecule has 5 nitrogen and oxygen atoms in total. The van der Waals surface area contributed by atoms with Gasteiger partial charge in [-0.25, -0.2) is 4.79 Å². The average Bonchev–Trinajstić information content (AvgIpc) is 2.95. The Kier molecular flexibility index (Phi) is 5.08. The summed E-state index contributed by atoms with van der Waals surface area (Å²) in [6.45, 7) is 1.31. The lowest BCUT2D eigenvalue weighted by Crippen LogP contribution is -2.47. The molecule has 0 spiro atoms. The monoisotopic (exact) mass is 357 g/mol. The fourth-order valence-corrected chi connectivity index (χ4v) is 3.64. The predicted molar refractivity (Wildman–Crippen MR) is 87.7 cm³/mol. The number of urea groups is 1. The van der Waals surface area contributed by atoms with Crippen LogP contribution in [0.3, 0.4) is 0 Å². The Morgan fingerprint density at radius 1 is 1.32 bits per heavy atom. The lowest BCUT2D eigenvalue weighted by atomic mass is 9.93. The van der Waals surface area contributed by atoms with E-state index in [4.69, 9.17) is 4.74 Å². The number of likely N-dealkylation sites (tertiary alicyclic amines) is 2. The van der Waals surface area contributed by atoms with Crippen molar-refractivity contribution in [3.05, 3.63) is 24.3 Å². The predicted octanol–water partition coefficient (Wildman–Crippen LogP) is 3.19. The van der Waals surface area contributed by atoms with Crippen LogP contribution < -0.4 is 10.1 Å². The van der Waals surface area contributed by atoms with Gasteiger partial charge in [0.25, 0.3) is 0 Å². The summed E-state index contributed by atoms with van der Waals surface area (Å²) in [6.07, 6.45) is -2.46. The molecule has 0 radical (unpaired) electrons. The first kappa shape index (κ1) is 17.8. The van der Waals surface area contributed by atoms with E-state index in [1.54, 1.807) is 12.1 Å². The third-order valence-corrected chi connectivity index (χ3v) is 4.79. The van der Waals surface area contributed by atoms with Crippen LogP contribution >= 0.6 is 0 Å². The summed E-state index contributed by atoms with van der Waals surface area (Å²) in [4.78, 5) is 16.7. The smallest absolute Gasteiger partial charge is 0.422 e. The van der Waals surface area contributed by atoms with Crippen molar-refractivity contribution in [1.29, 1.82) is 0 Å². The van der Waals surface area contributed by atoms with Crippen molar-refractivity contribution < 1.29 is 22.7 Å². The fraction of sp³-hybridized carbons (Fsp3) is 0.588. The van der Waals surface area contributed by atoms with E-state index in [1.165, 1.54) is 12.1 Å². The minimum absolute atomic E-state index is 0.0775. The SMILES string of the molecule is CN1CC[C@H]2[C@@H](CCN2C(=O)Nc2cccc(OCC(F)(F)F)c2)C1. The van der Waals surface area contributed by atoms with Crippen LogP contribution in [0.25, 0.3) is 0 Å². The Morgan fingerprint density at radius 3 is 2.88 bits per heavy atom. The number of anilines is 1. The van der Waals surface area contributed by atoms with Crippen molar-refractivity contribution in [2.45, 2.75) is 25.1 Å². The highest BCUT2D eigenvalue weighted by Crippen LogP contribution is 2.31. The van der Waals surface area contributed by atoms with Gasteiger partial charge < -0.3 is 19.9 Å². The highest BCUT2D eigenvalue weighted by molar-refractivity contribution is 5.90. The summed E-state index contributed by atoms with van der Waals surface area (Å²) in [5, 5.41) is 2.78. The summed E-state index contributed by atoms with van der Waals surface area (Å²) >= 11 is 0. The molecule has 1 N–H and O–H groups in total. The number of rotatable bonds is 3. The maximum absolute atomic E-state index is 12.6. The van der Waals surface area contributed by atoms with Crippen molar-refractivity contribution in [3.63, 3.8) is 0 Å². The number of amides is 2. The van der Waals surface area contributed by atoms with E-state index in [0.29, 0.717) is 18.2 Å². The Balaban J connectivity index is 1.60. The molecule has 8 heteroatoms. The second kappa shape index (κ2) is 7.11. The number of nitrogens with one attached hydrogen (secondary N) is 1.